The molecule has 0 fully saturated rings. The van der Waals surface area contributed by atoms with E-state index < -0.39 is 0 Å². The normalized spacial score (nSPS) is 12.1. The zero-order chi connectivity index (χ0) is 22.3. The Morgan fingerprint density at radius 2 is 1.53 bits per heavy atom. The van der Waals surface area contributed by atoms with Crippen LogP contribution in [0.3, 0.4) is 0 Å². The second kappa shape index (κ2) is 10.4. The van der Waals surface area contributed by atoms with E-state index in [1.807, 2.05) is 30.3 Å². The number of rotatable bonds is 10. The van der Waals surface area contributed by atoms with Crippen LogP contribution < -0.4 is 9.47 Å². The van der Waals surface area contributed by atoms with Crippen molar-refractivity contribution in [2.75, 3.05) is 6.61 Å². The van der Waals surface area contributed by atoms with E-state index in [-0.39, 0.29) is 0 Å². The molecule has 0 saturated carbocycles. The highest BCUT2D eigenvalue weighted by Gasteiger charge is 2.11. The molecular weight excluding hydrogens is 396 g/mol. The molecule has 3 aromatic carbocycles. The van der Waals surface area contributed by atoms with Crippen LogP contribution in [0.15, 0.2) is 72.8 Å². The van der Waals surface area contributed by atoms with Crippen molar-refractivity contribution in [3.05, 3.63) is 89.7 Å². The molecule has 0 aliphatic carbocycles. The van der Waals surface area contributed by atoms with Gasteiger partial charge in [-0.05, 0) is 66.3 Å². The van der Waals surface area contributed by atoms with E-state index in [4.69, 9.17) is 14.5 Å². The summed E-state index contributed by atoms with van der Waals surface area (Å²) in [7, 11) is 0. The molecule has 0 radical (unpaired) electrons. The van der Waals surface area contributed by atoms with Gasteiger partial charge in [0.15, 0.2) is 0 Å². The van der Waals surface area contributed by atoms with Gasteiger partial charge in [0, 0.05) is 0 Å². The number of ether oxygens (including phenoxy) is 2. The Morgan fingerprint density at radius 1 is 0.844 bits per heavy atom. The number of aryl methyl sites for hydroxylation is 1. The molecule has 0 amide bonds. The molecular formula is C28H32N2O2. The number of aromatic nitrogens is 2. The molecule has 0 aliphatic heterocycles. The van der Waals surface area contributed by atoms with E-state index in [0.717, 1.165) is 41.2 Å². The Labute approximate surface area is 190 Å². The van der Waals surface area contributed by atoms with E-state index in [0.29, 0.717) is 25.7 Å². The van der Waals surface area contributed by atoms with E-state index in [2.05, 4.69) is 67.8 Å². The van der Waals surface area contributed by atoms with E-state index in [9.17, 15) is 0 Å². The molecule has 1 unspecified atom stereocenters. The summed E-state index contributed by atoms with van der Waals surface area (Å²) in [5, 5.41) is 0. The van der Waals surface area contributed by atoms with Crippen LogP contribution in [-0.2, 0) is 19.6 Å². The van der Waals surface area contributed by atoms with Crippen LogP contribution in [0.5, 0.6) is 11.5 Å². The molecule has 1 heterocycles. The van der Waals surface area contributed by atoms with E-state index >= 15 is 0 Å². The topological polar surface area (TPSA) is 36.3 Å². The monoisotopic (exact) mass is 428 g/mol. The largest absolute Gasteiger partial charge is 0.492 e. The SMILES string of the molecule is CCc1ccc(OCc2nc3ccccc3n2CCOc2ccc(C(C)CC)cc2)cc1. The maximum Gasteiger partial charge on any atom is 0.148 e. The average molecular weight is 429 g/mol. The summed E-state index contributed by atoms with van der Waals surface area (Å²) >= 11 is 0. The molecule has 0 N–H and O–H groups in total. The number of hydrogen-bond acceptors (Lipinski definition) is 3. The molecule has 0 aliphatic rings. The first kappa shape index (κ1) is 21.9. The lowest BCUT2D eigenvalue weighted by molar-refractivity contribution is 0.272. The van der Waals surface area contributed by atoms with Gasteiger partial charge in [0.1, 0.15) is 30.5 Å². The molecule has 32 heavy (non-hydrogen) atoms. The Morgan fingerprint density at radius 3 is 2.25 bits per heavy atom. The van der Waals surface area contributed by atoms with Crippen LogP contribution in [0.4, 0.5) is 0 Å². The van der Waals surface area contributed by atoms with E-state index in [1.165, 1.54) is 11.1 Å². The van der Waals surface area contributed by atoms with Crippen molar-refractivity contribution in [3.8, 4) is 11.5 Å². The molecule has 4 heteroatoms. The number of para-hydroxylation sites is 2. The molecule has 4 rings (SSSR count). The van der Waals surface area contributed by atoms with Gasteiger partial charge in [-0.15, -0.1) is 0 Å². The lowest BCUT2D eigenvalue weighted by Gasteiger charge is -2.13. The first-order valence-corrected chi connectivity index (χ1v) is 11.6. The molecule has 0 saturated heterocycles. The first-order valence-electron chi connectivity index (χ1n) is 11.6. The zero-order valence-electron chi connectivity index (χ0n) is 19.3. The van der Waals surface area contributed by atoms with Crippen LogP contribution in [0.1, 0.15) is 50.1 Å². The van der Waals surface area contributed by atoms with Gasteiger partial charge in [-0.1, -0.05) is 57.2 Å². The Bertz CT molecular complexity index is 1130. The second-order valence-electron chi connectivity index (χ2n) is 8.18. The van der Waals surface area contributed by atoms with Crippen molar-refractivity contribution in [1.82, 2.24) is 9.55 Å². The van der Waals surface area contributed by atoms with Crippen molar-refractivity contribution in [2.45, 2.75) is 52.7 Å². The van der Waals surface area contributed by atoms with Crippen LogP contribution in [-0.4, -0.2) is 16.2 Å². The average Bonchev–Trinajstić information content (AvgIpc) is 3.20. The predicted molar refractivity (Wildman–Crippen MR) is 131 cm³/mol. The van der Waals surface area contributed by atoms with Gasteiger partial charge in [0.25, 0.3) is 0 Å². The second-order valence-corrected chi connectivity index (χ2v) is 8.18. The standard InChI is InChI=1S/C28H32N2O2/c1-4-21(3)23-12-16-24(17-13-23)31-19-18-30-27-9-7-6-8-26(27)29-28(30)20-32-25-14-10-22(5-2)11-15-25/h6-17,21H,4-5,18-20H2,1-3H3. The molecule has 1 atom stereocenters. The number of nitrogens with zero attached hydrogens (tertiary/aromatic N) is 2. The van der Waals surface area contributed by atoms with Gasteiger partial charge < -0.3 is 14.0 Å². The molecule has 0 bridgehead atoms. The fourth-order valence-corrected chi connectivity index (χ4v) is 3.84. The van der Waals surface area contributed by atoms with Gasteiger partial charge in [0.2, 0.25) is 0 Å². The van der Waals surface area contributed by atoms with Crippen LogP contribution in [0.2, 0.25) is 0 Å². The summed E-state index contributed by atoms with van der Waals surface area (Å²) in [6.45, 7) is 8.32. The van der Waals surface area contributed by atoms with Gasteiger partial charge in [-0.3, -0.25) is 0 Å². The maximum absolute atomic E-state index is 6.05. The number of fused-ring (bicyclic) bond motifs is 1. The third-order valence-corrected chi connectivity index (χ3v) is 6.08. The molecule has 1 aromatic heterocycles. The van der Waals surface area contributed by atoms with Crippen LogP contribution >= 0.6 is 0 Å². The lowest BCUT2D eigenvalue weighted by atomic mass is 9.99. The maximum atomic E-state index is 6.05. The molecule has 4 aromatic rings. The zero-order valence-corrected chi connectivity index (χ0v) is 19.3. The summed E-state index contributed by atoms with van der Waals surface area (Å²) < 4.78 is 14.3. The van der Waals surface area contributed by atoms with E-state index in [1.54, 1.807) is 0 Å². The minimum absolute atomic E-state index is 0.420. The van der Waals surface area contributed by atoms with Crippen LogP contribution in [0, 0.1) is 0 Å². The quantitative estimate of drug-likeness (QED) is 0.280. The predicted octanol–water partition coefficient (Wildman–Crippen LogP) is 6.77. The fraction of sp³-hybridized carbons (Fsp3) is 0.321. The number of benzene rings is 3. The lowest BCUT2D eigenvalue weighted by Crippen LogP contribution is -2.13. The van der Waals surface area contributed by atoms with Crippen molar-refractivity contribution >= 4 is 11.0 Å². The summed E-state index contributed by atoms with van der Waals surface area (Å²) in [5.74, 6) is 3.23. The summed E-state index contributed by atoms with van der Waals surface area (Å²) in [6, 6.07) is 24.9. The third-order valence-electron chi connectivity index (χ3n) is 6.08. The minimum Gasteiger partial charge on any atom is -0.492 e. The molecule has 4 nitrogen and oxygen atoms in total. The van der Waals surface area contributed by atoms with Crippen molar-refractivity contribution in [2.24, 2.45) is 0 Å². The van der Waals surface area contributed by atoms with Crippen molar-refractivity contribution in [3.63, 3.8) is 0 Å². The summed E-state index contributed by atoms with van der Waals surface area (Å²) in [6.07, 6.45) is 2.16. The third kappa shape index (κ3) is 5.13. The highest BCUT2D eigenvalue weighted by molar-refractivity contribution is 5.75. The minimum atomic E-state index is 0.420. The van der Waals surface area contributed by atoms with Gasteiger partial charge in [-0.2, -0.15) is 0 Å². The smallest absolute Gasteiger partial charge is 0.148 e. The fourth-order valence-electron chi connectivity index (χ4n) is 3.84. The highest BCUT2D eigenvalue weighted by Crippen LogP contribution is 2.22. The number of hydrogen-bond donors (Lipinski definition) is 0. The first-order chi connectivity index (χ1) is 15.7. The van der Waals surface area contributed by atoms with Crippen molar-refractivity contribution in [1.29, 1.82) is 0 Å². The Kier molecular flexibility index (Phi) is 7.10. The summed E-state index contributed by atoms with van der Waals surface area (Å²) in [4.78, 5) is 4.81. The number of imidazole rings is 1. The van der Waals surface area contributed by atoms with Gasteiger partial charge in [0.05, 0.1) is 17.6 Å². The molecule has 166 valence electrons. The highest BCUT2D eigenvalue weighted by atomic mass is 16.5. The van der Waals surface area contributed by atoms with Gasteiger partial charge >= 0.3 is 0 Å². The Balaban J connectivity index is 1.44. The molecule has 0 spiro atoms. The van der Waals surface area contributed by atoms with Crippen LogP contribution in [0.25, 0.3) is 11.0 Å². The van der Waals surface area contributed by atoms with Crippen molar-refractivity contribution < 1.29 is 9.47 Å². The Hall–Kier alpha value is -3.27. The van der Waals surface area contributed by atoms with Gasteiger partial charge in [-0.25, -0.2) is 4.98 Å². The summed E-state index contributed by atoms with van der Waals surface area (Å²) in [5.41, 5.74) is 4.74.